The van der Waals surface area contributed by atoms with E-state index in [-0.39, 0.29) is 24.7 Å². The van der Waals surface area contributed by atoms with Gasteiger partial charge in [0.15, 0.2) is 17.5 Å². The van der Waals surface area contributed by atoms with Gasteiger partial charge in [0.25, 0.3) is 0 Å². The van der Waals surface area contributed by atoms with E-state index in [0.29, 0.717) is 11.2 Å². The fourth-order valence-electron chi connectivity index (χ4n) is 3.41. The number of aromatic nitrogens is 4. The molecule has 0 spiro atoms. The van der Waals surface area contributed by atoms with Crippen LogP contribution in [0.15, 0.2) is 30.7 Å². The molecule has 1 amide bonds. The monoisotopic (exact) mass is 469 g/mol. The first-order valence-electron chi connectivity index (χ1n) is 9.67. The molecule has 0 unspecified atom stereocenters. The zero-order valence-corrected chi connectivity index (χ0v) is 17.6. The Labute approximate surface area is 184 Å². The molecule has 1 aliphatic rings. The number of anilines is 1. The summed E-state index contributed by atoms with van der Waals surface area (Å²) in [7, 11) is 0. The van der Waals surface area contributed by atoms with Crippen molar-refractivity contribution in [2.75, 3.05) is 30.7 Å². The summed E-state index contributed by atoms with van der Waals surface area (Å²) in [4.78, 5) is 28.1. The molecule has 3 N–H and O–H groups in total. The largest absolute Gasteiger partial charge is 0.405 e. The van der Waals surface area contributed by atoms with Crippen LogP contribution in [0.4, 0.5) is 23.4 Å². The Balaban J connectivity index is 1.62. The highest BCUT2D eigenvalue weighted by atomic mass is 32.2. The van der Waals surface area contributed by atoms with E-state index in [1.165, 1.54) is 11.9 Å². The maximum absolute atomic E-state index is 14.6. The third kappa shape index (κ3) is 4.48. The molecule has 0 radical (unpaired) electrons. The standard InChI is InChI=1S/C19H19F4N7OS/c1-2-32-30-9-18(10-30,17(31)27-8-19(21,22)23)29-16-13(20)7-26-15(28-16)12-6-25-14-11(12)4-3-5-24-14/h3-7H,2,8-10H2,1H3,(H,24,25)(H,27,31)(H,26,28,29). The van der Waals surface area contributed by atoms with Gasteiger partial charge in [-0.3, -0.25) is 4.79 Å². The molecule has 0 aromatic carbocycles. The molecule has 8 nitrogen and oxygen atoms in total. The molecule has 13 heteroatoms. The summed E-state index contributed by atoms with van der Waals surface area (Å²) in [5, 5.41) is 5.36. The van der Waals surface area contributed by atoms with Crippen LogP contribution in [0.2, 0.25) is 0 Å². The minimum Gasteiger partial charge on any atom is -0.351 e. The Morgan fingerprint density at radius 1 is 1.34 bits per heavy atom. The number of hydrogen-bond acceptors (Lipinski definition) is 7. The number of pyridine rings is 1. The number of amides is 1. The van der Waals surface area contributed by atoms with Gasteiger partial charge in [-0.15, -0.1) is 0 Å². The summed E-state index contributed by atoms with van der Waals surface area (Å²) in [5.74, 6) is -1.06. The van der Waals surface area contributed by atoms with Crippen molar-refractivity contribution in [1.82, 2.24) is 29.6 Å². The fraction of sp³-hybridized carbons (Fsp3) is 0.368. The van der Waals surface area contributed by atoms with Gasteiger partial charge in [0.1, 0.15) is 17.7 Å². The number of rotatable bonds is 7. The van der Waals surface area contributed by atoms with E-state index in [0.717, 1.165) is 17.3 Å². The lowest BCUT2D eigenvalue weighted by Gasteiger charge is -2.48. The van der Waals surface area contributed by atoms with Crippen molar-refractivity contribution in [3.63, 3.8) is 0 Å². The second-order valence-corrected chi connectivity index (χ2v) is 8.56. The van der Waals surface area contributed by atoms with Crippen LogP contribution in [0.25, 0.3) is 22.4 Å². The molecular weight excluding hydrogens is 450 g/mol. The fourth-order valence-corrected chi connectivity index (χ4v) is 4.40. The van der Waals surface area contributed by atoms with Gasteiger partial charge in [0.05, 0.1) is 6.20 Å². The highest BCUT2D eigenvalue weighted by Gasteiger charge is 2.51. The molecule has 1 aliphatic heterocycles. The topological polar surface area (TPSA) is 98.8 Å². The van der Waals surface area contributed by atoms with Gasteiger partial charge in [-0.05, 0) is 12.1 Å². The number of nitrogens with zero attached hydrogens (tertiary/aromatic N) is 4. The zero-order valence-electron chi connectivity index (χ0n) is 16.8. The van der Waals surface area contributed by atoms with E-state index in [2.05, 4.69) is 25.3 Å². The molecule has 4 heterocycles. The molecule has 0 aliphatic carbocycles. The van der Waals surface area contributed by atoms with E-state index < -0.39 is 30.0 Å². The van der Waals surface area contributed by atoms with Crippen molar-refractivity contribution in [3.05, 3.63) is 36.5 Å². The molecule has 4 rings (SSSR count). The van der Waals surface area contributed by atoms with Crippen LogP contribution in [0, 0.1) is 5.82 Å². The first-order valence-corrected chi connectivity index (χ1v) is 10.6. The molecule has 3 aromatic heterocycles. The van der Waals surface area contributed by atoms with Gasteiger partial charge >= 0.3 is 6.18 Å². The minimum atomic E-state index is -4.56. The van der Waals surface area contributed by atoms with Gasteiger partial charge in [-0.2, -0.15) is 13.2 Å². The van der Waals surface area contributed by atoms with E-state index in [4.69, 9.17) is 0 Å². The van der Waals surface area contributed by atoms with Crippen molar-refractivity contribution in [2.45, 2.75) is 18.6 Å². The molecule has 3 aromatic rings. The molecule has 1 fully saturated rings. The van der Waals surface area contributed by atoms with Gasteiger partial charge in [-0.25, -0.2) is 23.6 Å². The van der Waals surface area contributed by atoms with Gasteiger partial charge in [0, 0.05) is 42.2 Å². The van der Waals surface area contributed by atoms with Gasteiger partial charge in [0.2, 0.25) is 5.91 Å². The van der Waals surface area contributed by atoms with E-state index in [1.54, 1.807) is 24.5 Å². The summed E-state index contributed by atoms with van der Waals surface area (Å²) >= 11 is 1.43. The first kappa shape index (κ1) is 22.3. The number of H-pyrrole nitrogens is 1. The number of fused-ring (bicyclic) bond motifs is 1. The average Bonchev–Trinajstić information content (AvgIpc) is 3.15. The van der Waals surface area contributed by atoms with Gasteiger partial charge in [-0.1, -0.05) is 18.9 Å². The van der Waals surface area contributed by atoms with Crippen LogP contribution < -0.4 is 10.6 Å². The van der Waals surface area contributed by atoms with Crippen LogP contribution in [-0.2, 0) is 4.79 Å². The summed E-state index contributed by atoms with van der Waals surface area (Å²) < 4.78 is 54.2. The van der Waals surface area contributed by atoms with Crippen LogP contribution in [0.3, 0.4) is 0 Å². The molecular formula is C19H19F4N7OS. The predicted molar refractivity (Wildman–Crippen MR) is 112 cm³/mol. The molecule has 1 saturated heterocycles. The Kier molecular flexibility index (Phi) is 5.95. The Hall–Kier alpha value is -2.93. The number of aromatic amines is 1. The third-order valence-corrected chi connectivity index (χ3v) is 5.76. The van der Waals surface area contributed by atoms with E-state index in [1.807, 2.05) is 16.5 Å². The van der Waals surface area contributed by atoms with Crippen molar-refractivity contribution < 1.29 is 22.4 Å². The SMILES string of the molecule is CCSN1CC(Nc2nc(-c3c[nH]c4ncccc34)ncc2F)(C(=O)NCC(F)(F)F)C1. The number of carbonyl (C=O) groups excluding carboxylic acids is 1. The van der Waals surface area contributed by atoms with E-state index in [9.17, 15) is 22.4 Å². The van der Waals surface area contributed by atoms with Crippen molar-refractivity contribution >= 4 is 34.7 Å². The lowest BCUT2D eigenvalue weighted by molar-refractivity contribution is -0.143. The van der Waals surface area contributed by atoms with Crippen molar-refractivity contribution in [3.8, 4) is 11.4 Å². The maximum atomic E-state index is 14.6. The summed E-state index contributed by atoms with van der Waals surface area (Å²) in [6, 6.07) is 3.53. The summed E-state index contributed by atoms with van der Waals surface area (Å²) in [6.45, 7) is 0.611. The maximum Gasteiger partial charge on any atom is 0.405 e. The van der Waals surface area contributed by atoms with Crippen LogP contribution in [-0.4, -0.2) is 67.3 Å². The molecule has 0 bridgehead atoms. The highest BCUT2D eigenvalue weighted by Crippen LogP contribution is 2.33. The smallest absolute Gasteiger partial charge is 0.351 e. The van der Waals surface area contributed by atoms with Crippen molar-refractivity contribution in [2.24, 2.45) is 0 Å². The molecule has 0 atom stereocenters. The molecule has 32 heavy (non-hydrogen) atoms. The Bertz CT molecular complexity index is 1130. The third-order valence-electron chi connectivity index (χ3n) is 4.88. The number of hydrogen-bond donors (Lipinski definition) is 3. The minimum absolute atomic E-state index is 0.0883. The van der Waals surface area contributed by atoms with Gasteiger partial charge < -0.3 is 15.6 Å². The number of halogens is 4. The van der Waals surface area contributed by atoms with Crippen molar-refractivity contribution in [1.29, 1.82) is 0 Å². The summed E-state index contributed by atoms with van der Waals surface area (Å²) in [5.41, 5.74) is -0.288. The number of alkyl halides is 3. The number of carbonyl (C=O) groups is 1. The van der Waals surface area contributed by atoms with Crippen LogP contribution >= 0.6 is 11.9 Å². The second-order valence-electron chi connectivity index (χ2n) is 7.21. The van der Waals surface area contributed by atoms with Crippen LogP contribution in [0.1, 0.15) is 6.92 Å². The van der Waals surface area contributed by atoms with E-state index >= 15 is 0 Å². The zero-order chi connectivity index (χ0) is 22.9. The quantitative estimate of drug-likeness (QED) is 0.362. The molecule has 0 saturated carbocycles. The number of nitrogens with one attached hydrogen (secondary N) is 3. The average molecular weight is 469 g/mol. The lowest BCUT2D eigenvalue weighted by Crippen LogP contribution is -2.71. The normalized spacial score (nSPS) is 16.0. The Morgan fingerprint density at radius 3 is 2.84 bits per heavy atom. The summed E-state index contributed by atoms with van der Waals surface area (Å²) in [6.07, 6.45) is -0.363. The lowest BCUT2D eigenvalue weighted by atomic mass is 9.91. The first-order chi connectivity index (χ1) is 15.2. The second kappa shape index (κ2) is 8.54. The highest BCUT2D eigenvalue weighted by molar-refractivity contribution is 7.97. The predicted octanol–water partition coefficient (Wildman–Crippen LogP) is 2.97. The van der Waals surface area contributed by atoms with Crippen LogP contribution in [0.5, 0.6) is 0 Å². The Morgan fingerprint density at radius 2 is 2.12 bits per heavy atom. The molecule has 170 valence electrons.